The predicted molar refractivity (Wildman–Crippen MR) is 82.6 cm³/mol. The minimum absolute atomic E-state index is 0.297. The van der Waals surface area contributed by atoms with Crippen molar-refractivity contribution in [3.63, 3.8) is 0 Å². The molecule has 0 saturated heterocycles. The van der Waals surface area contributed by atoms with Gasteiger partial charge in [0, 0.05) is 16.2 Å². The molecular weight excluding hydrogens is 323 g/mol. The van der Waals surface area contributed by atoms with Crippen molar-refractivity contribution in [2.75, 3.05) is 11.1 Å². The fraction of sp³-hybridized carbons (Fsp3) is 0. The monoisotopic (exact) mass is 334 g/mol. The van der Waals surface area contributed by atoms with Gasteiger partial charge in [-0.25, -0.2) is 4.39 Å². The summed E-state index contributed by atoms with van der Waals surface area (Å²) in [6, 6.07) is 11.2. The molecule has 0 aliphatic carbocycles. The first-order valence-corrected chi connectivity index (χ1v) is 6.63. The molecule has 2 aromatic carbocycles. The highest BCUT2D eigenvalue weighted by molar-refractivity contribution is 9.10. The molecular formula is C15H12BrFN2O. The van der Waals surface area contributed by atoms with E-state index in [1.807, 2.05) is 12.1 Å². The number of rotatable bonds is 3. The van der Waals surface area contributed by atoms with Gasteiger partial charge in [0.05, 0.1) is 5.69 Å². The average Bonchev–Trinajstić information content (AvgIpc) is 2.41. The molecule has 102 valence electrons. The third kappa shape index (κ3) is 3.93. The van der Waals surface area contributed by atoms with E-state index in [-0.39, 0.29) is 11.7 Å². The maximum Gasteiger partial charge on any atom is 0.248 e. The lowest BCUT2D eigenvalue weighted by atomic mass is 10.2. The number of amides is 1. The summed E-state index contributed by atoms with van der Waals surface area (Å²) in [4.78, 5) is 11.8. The van der Waals surface area contributed by atoms with Crippen LogP contribution in [-0.2, 0) is 4.79 Å². The van der Waals surface area contributed by atoms with Gasteiger partial charge in [0.15, 0.2) is 0 Å². The number of carbonyl (C=O) groups is 1. The molecule has 0 unspecified atom stereocenters. The maximum atomic E-state index is 12.9. The molecule has 0 fully saturated rings. The lowest BCUT2D eigenvalue weighted by Crippen LogP contribution is -2.08. The molecule has 0 bridgehead atoms. The number of nitrogens with one attached hydrogen (secondary N) is 1. The summed E-state index contributed by atoms with van der Waals surface area (Å²) in [5.74, 6) is -0.665. The molecule has 5 heteroatoms. The minimum atomic E-state index is -0.368. The van der Waals surface area contributed by atoms with E-state index in [2.05, 4.69) is 21.2 Å². The molecule has 3 N–H and O–H groups in total. The van der Waals surface area contributed by atoms with Gasteiger partial charge in [-0.3, -0.25) is 4.79 Å². The first kappa shape index (κ1) is 14.3. The number of benzene rings is 2. The summed E-state index contributed by atoms with van der Waals surface area (Å²) in [6.45, 7) is 0. The smallest absolute Gasteiger partial charge is 0.248 e. The van der Waals surface area contributed by atoms with E-state index in [1.54, 1.807) is 18.2 Å². The Balaban J connectivity index is 2.03. The third-order valence-electron chi connectivity index (χ3n) is 2.55. The fourth-order valence-electron chi connectivity index (χ4n) is 1.54. The Labute approximate surface area is 124 Å². The van der Waals surface area contributed by atoms with Crippen molar-refractivity contribution in [1.29, 1.82) is 0 Å². The summed E-state index contributed by atoms with van der Waals surface area (Å²) < 4.78 is 13.4. The van der Waals surface area contributed by atoms with E-state index in [0.717, 1.165) is 5.56 Å². The second-order valence-corrected chi connectivity index (χ2v) is 4.97. The Morgan fingerprint density at radius 3 is 2.55 bits per heavy atom. The molecule has 2 aromatic rings. The predicted octanol–water partition coefficient (Wildman–Crippen LogP) is 3.82. The molecule has 0 radical (unpaired) electrons. The highest BCUT2D eigenvalue weighted by Crippen LogP contribution is 2.23. The molecule has 0 saturated carbocycles. The van der Waals surface area contributed by atoms with E-state index >= 15 is 0 Å². The summed E-state index contributed by atoms with van der Waals surface area (Å²) in [5, 5.41) is 2.66. The maximum absolute atomic E-state index is 12.9. The van der Waals surface area contributed by atoms with Crippen LogP contribution < -0.4 is 11.1 Å². The van der Waals surface area contributed by atoms with Gasteiger partial charge < -0.3 is 11.1 Å². The van der Waals surface area contributed by atoms with Crippen LogP contribution in [0, 0.1) is 5.82 Å². The number of halogens is 2. The SMILES string of the molecule is Nc1ccc(/C=C/C(=O)Nc2ccc(F)cc2Br)cc1. The van der Waals surface area contributed by atoms with E-state index in [9.17, 15) is 9.18 Å². The molecule has 0 spiro atoms. The highest BCUT2D eigenvalue weighted by Gasteiger charge is 2.03. The summed E-state index contributed by atoms with van der Waals surface area (Å²) in [6.07, 6.45) is 3.08. The van der Waals surface area contributed by atoms with Crippen LogP contribution in [0.15, 0.2) is 53.0 Å². The van der Waals surface area contributed by atoms with Gasteiger partial charge >= 0.3 is 0 Å². The van der Waals surface area contributed by atoms with Crippen molar-refractivity contribution in [1.82, 2.24) is 0 Å². The average molecular weight is 335 g/mol. The fourth-order valence-corrected chi connectivity index (χ4v) is 1.99. The van der Waals surface area contributed by atoms with E-state index < -0.39 is 0 Å². The number of carbonyl (C=O) groups excluding carboxylic acids is 1. The number of hydrogen-bond donors (Lipinski definition) is 2. The first-order valence-electron chi connectivity index (χ1n) is 5.84. The highest BCUT2D eigenvalue weighted by atomic mass is 79.9. The van der Waals surface area contributed by atoms with Gasteiger partial charge in [-0.15, -0.1) is 0 Å². The summed E-state index contributed by atoms with van der Waals surface area (Å²) in [7, 11) is 0. The molecule has 0 atom stereocenters. The van der Waals surface area contributed by atoms with Crippen LogP contribution in [0.4, 0.5) is 15.8 Å². The van der Waals surface area contributed by atoms with Crippen molar-refractivity contribution in [2.45, 2.75) is 0 Å². The van der Waals surface area contributed by atoms with E-state index in [0.29, 0.717) is 15.8 Å². The second-order valence-electron chi connectivity index (χ2n) is 4.11. The Kier molecular flexibility index (Phi) is 4.53. The molecule has 0 aliphatic heterocycles. The van der Waals surface area contributed by atoms with Crippen molar-refractivity contribution < 1.29 is 9.18 Å². The largest absolute Gasteiger partial charge is 0.399 e. The molecule has 1 amide bonds. The van der Waals surface area contributed by atoms with Gasteiger partial charge in [0.2, 0.25) is 5.91 Å². The van der Waals surface area contributed by atoms with Gasteiger partial charge in [0.1, 0.15) is 5.82 Å². The van der Waals surface area contributed by atoms with Crippen molar-refractivity contribution in [3.05, 3.63) is 64.4 Å². The van der Waals surface area contributed by atoms with E-state index in [4.69, 9.17) is 5.73 Å². The number of hydrogen-bond acceptors (Lipinski definition) is 2. The number of nitrogen functional groups attached to an aromatic ring is 1. The quantitative estimate of drug-likeness (QED) is 0.662. The van der Waals surface area contributed by atoms with Gasteiger partial charge in [-0.2, -0.15) is 0 Å². The van der Waals surface area contributed by atoms with Gasteiger partial charge in [-0.05, 0) is 57.9 Å². The number of anilines is 2. The van der Waals surface area contributed by atoms with Crippen LogP contribution in [0.1, 0.15) is 5.56 Å². The van der Waals surface area contributed by atoms with Crippen LogP contribution in [0.3, 0.4) is 0 Å². The van der Waals surface area contributed by atoms with Gasteiger partial charge in [-0.1, -0.05) is 12.1 Å². The molecule has 2 rings (SSSR count). The Hall–Kier alpha value is -2.14. The van der Waals surface area contributed by atoms with Gasteiger partial charge in [0.25, 0.3) is 0 Å². The zero-order valence-corrected chi connectivity index (χ0v) is 12.0. The second kappa shape index (κ2) is 6.34. The lowest BCUT2D eigenvalue weighted by molar-refractivity contribution is -0.111. The molecule has 20 heavy (non-hydrogen) atoms. The van der Waals surface area contributed by atoms with E-state index in [1.165, 1.54) is 24.3 Å². The molecule has 3 nitrogen and oxygen atoms in total. The van der Waals surface area contributed by atoms with Crippen LogP contribution in [-0.4, -0.2) is 5.91 Å². The molecule has 0 heterocycles. The Morgan fingerprint density at radius 1 is 1.20 bits per heavy atom. The lowest BCUT2D eigenvalue weighted by Gasteiger charge is -2.04. The third-order valence-corrected chi connectivity index (χ3v) is 3.21. The Bertz CT molecular complexity index is 653. The van der Waals surface area contributed by atoms with Crippen molar-refractivity contribution in [3.8, 4) is 0 Å². The van der Waals surface area contributed by atoms with Crippen LogP contribution in [0.25, 0.3) is 6.08 Å². The molecule has 0 aliphatic rings. The standard InChI is InChI=1S/C15H12BrFN2O/c16-13-9-11(17)4-7-14(13)19-15(20)8-3-10-1-5-12(18)6-2-10/h1-9H,18H2,(H,19,20)/b8-3+. The van der Waals surface area contributed by atoms with Crippen LogP contribution >= 0.6 is 15.9 Å². The summed E-state index contributed by atoms with van der Waals surface area (Å²) in [5.41, 5.74) is 7.62. The van der Waals surface area contributed by atoms with Crippen molar-refractivity contribution in [2.24, 2.45) is 0 Å². The van der Waals surface area contributed by atoms with Crippen molar-refractivity contribution >= 4 is 39.3 Å². The normalized spacial score (nSPS) is 10.7. The zero-order valence-electron chi connectivity index (χ0n) is 10.4. The molecule has 0 aromatic heterocycles. The van der Waals surface area contributed by atoms with Crippen LogP contribution in [0.2, 0.25) is 0 Å². The number of nitrogens with two attached hydrogens (primary N) is 1. The topological polar surface area (TPSA) is 55.1 Å². The van der Waals surface area contributed by atoms with Crippen LogP contribution in [0.5, 0.6) is 0 Å². The Morgan fingerprint density at radius 2 is 1.90 bits per heavy atom. The minimum Gasteiger partial charge on any atom is -0.399 e. The summed E-state index contributed by atoms with van der Waals surface area (Å²) >= 11 is 3.19. The zero-order chi connectivity index (χ0) is 14.5. The first-order chi connectivity index (χ1) is 9.54.